The number of hydrogen-bond acceptors (Lipinski definition) is 5. The molecule has 148 valence electrons. The first-order valence-electron chi connectivity index (χ1n) is 7.61. The van der Waals surface area contributed by atoms with Crippen LogP contribution in [0.1, 0.15) is 5.56 Å². The molecule has 0 aliphatic heterocycles. The second-order valence-electron chi connectivity index (χ2n) is 6.00. The van der Waals surface area contributed by atoms with Crippen molar-refractivity contribution in [1.82, 2.24) is 9.66 Å². The van der Waals surface area contributed by atoms with Crippen molar-refractivity contribution in [2.24, 2.45) is 0 Å². The molecule has 0 bridgehead atoms. The molecule has 0 unspecified atom stereocenters. The highest BCUT2D eigenvalue weighted by Crippen LogP contribution is 2.38. The lowest BCUT2D eigenvalue weighted by Gasteiger charge is -2.15. The fraction of sp³-hybridized carbons (Fsp3) is 0.125. The van der Waals surface area contributed by atoms with E-state index in [4.69, 9.17) is 5.73 Å². The predicted octanol–water partition coefficient (Wildman–Crippen LogP) is 1.46. The Balaban J connectivity index is 2.42. The third-order valence-electron chi connectivity index (χ3n) is 3.80. The van der Waals surface area contributed by atoms with Crippen LogP contribution in [0.3, 0.4) is 0 Å². The van der Waals surface area contributed by atoms with Gasteiger partial charge in [0, 0.05) is 5.69 Å². The maximum Gasteiger partial charge on any atom is 0.417 e. The van der Waals surface area contributed by atoms with E-state index in [9.17, 15) is 31.2 Å². The van der Waals surface area contributed by atoms with Crippen LogP contribution < -0.4 is 21.8 Å². The van der Waals surface area contributed by atoms with E-state index in [0.717, 1.165) is 6.07 Å². The minimum Gasteiger partial charge on any atom is -0.399 e. The Morgan fingerprint density at radius 2 is 1.82 bits per heavy atom. The third kappa shape index (κ3) is 3.71. The van der Waals surface area contributed by atoms with Crippen LogP contribution in [-0.4, -0.2) is 24.3 Å². The molecule has 2 aromatic carbocycles. The van der Waals surface area contributed by atoms with E-state index in [0.29, 0.717) is 12.3 Å². The van der Waals surface area contributed by atoms with Gasteiger partial charge in [0.05, 0.1) is 22.7 Å². The second-order valence-corrected chi connectivity index (χ2v) is 7.73. The number of hydrogen-bond donors (Lipinski definition) is 3. The van der Waals surface area contributed by atoms with Crippen molar-refractivity contribution >= 4 is 26.6 Å². The SMILES string of the molecule is CS(=O)(=O)Nn1c(=O)[nH]c2cc(C(F)(F)F)c(-c3cccc(N)c3)cc2c1=O. The molecule has 3 aromatic rings. The van der Waals surface area contributed by atoms with Crippen LogP contribution in [0.25, 0.3) is 22.0 Å². The Bertz CT molecular complexity index is 1310. The van der Waals surface area contributed by atoms with Crippen LogP contribution in [0.5, 0.6) is 0 Å². The first-order valence-corrected chi connectivity index (χ1v) is 9.50. The molecule has 0 atom stereocenters. The molecule has 0 aliphatic carbocycles. The summed E-state index contributed by atoms with van der Waals surface area (Å²) in [5.41, 5.74) is 1.78. The summed E-state index contributed by atoms with van der Waals surface area (Å²) in [6.45, 7) is 0. The van der Waals surface area contributed by atoms with E-state index in [1.54, 1.807) is 4.83 Å². The van der Waals surface area contributed by atoms with Crippen LogP contribution in [-0.2, 0) is 16.2 Å². The number of nitrogen functional groups attached to an aromatic ring is 1. The van der Waals surface area contributed by atoms with Crippen molar-refractivity contribution in [2.45, 2.75) is 6.18 Å². The molecule has 12 heteroatoms. The minimum absolute atomic E-state index is 0.0995. The molecule has 0 amide bonds. The standard InChI is InChI=1S/C16H13F3N4O4S/c1-28(26,27)22-23-14(24)11-6-10(8-3-2-4-9(20)5-8)12(16(17,18)19)7-13(11)21-15(23)25/h2-7,22H,20H2,1H3,(H,21,25). The second kappa shape index (κ2) is 6.41. The normalized spacial score (nSPS) is 12.3. The van der Waals surface area contributed by atoms with Crippen molar-refractivity contribution in [3.8, 4) is 11.1 Å². The van der Waals surface area contributed by atoms with Gasteiger partial charge in [0.2, 0.25) is 10.0 Å². The maximum absolute atomic E-state index is 13.6. The third-order valence-corrected chi connectivity index (χ3v) is 4.31. The van der Waals surface area contributed by atoms with Gasteiger partial charge in [0.15, 0.2) is 0 Å². The van der Waals surface area contributed by atoms with Gasteiger partial charge in [0.1, 0.15) is 0 Å². The molecule has 1 aromatic heterocycles. The number of halogens is 3. The first kappa shape index (κ1) is 19.5. The Kier molecular flexibility index (Phi) is 4.46. The van der Waals surface area contributed by atoms with Crippen LogP contribution in [0.4, 0.5) is 18.9 Å². The van der Waals surface area contributed by atoms with Gasteiger partial charge in [-0.25, -0.2) is 18.0 Å². The fourth-order valence-electron chi connectivity index (χ4n) is 2.69. The highest BCUT2D eigenvalue weighted by atomic mass is 32.2. The van der Waals surface area contributed by atoms with Crippen molar-refractivity contribution in [1.29, 1.82) is 0 Å². The monoisotopic (exact) mass is 414 g/mol. The first-order chi connectivity index (χ1) is 12.9. The number of aromatic amines is 1. The lowest BCUT2D eigenvalue weighted by molar-refractivity contribution is -0.137. The summed E-state index contributed by atoms with van der Waals surface area (Å²) in [5, 5.41) is -0.318. The number of nitrogens with one attached hydrogen (secondary N) is 2. The molecule has 1 heterocycles. The number of fused-ring (bicyclic) bond motifs is 1. The number of alkyl halides is 3. The molecule has 0 radical (unpaired) electrons. The number of aromatic nitrogens is 2. The van der Waals surface area contributed by atoms with E-state index in [1.807, 2.05) is 0 Å². The van der Waals surface area contributed by atoms with Crippen LogP contribution >= 0.6 is 0 Å². The van der Waals surface area contributed by atoms with Crippen molar-refractivity contribution in [2.75, 3.05) is 16.8 Å². The minimum atomic E-state index is -4.79. The van der Waals surface area contributed by atoms with Gasteiger partial charge >= 0.3 is 11.9 Å². The molecular formula is C16H13F3N4O4S. The molecule has 0 saturated carbocycles. The molecule has 28 heavy (non-hydrogen) atoms. The van der Waals surface area contributed by atoms with E-state index < -0.39 is 33.0 Å². The highest BCUT2D eigenvalue weighted by Gasteiger charge is 2.34. The average Bonchev–Trinajstić information content (AvgIpc) is 2.56. The number of anilines is 1. The quantitative estimate of drug-likeness (QED) is 0.559. The van der Waals surface area contributed by atoms with E-state index in [2.05, 4.69) is 4.98 Å². The van der Waals surface area contributed by atoms with Gasteiger partial charge in [-0.1, -0.05) is 12.1 Å². The average molecular weight is 414 g/mol. The number of nitrogens with zero attached hydrogens (tertiary/aromatic N) is 1. The van der Waals surface area contributed by atoms with E-state index in [1.165, 1.54) is 24.3 Å². The van der Waals surface area contributed by atoms with E-state index in [-0.39, 0.29) is 32.4 Å². The number of sulfonamides is 1. The molecule has 3 rings (SSSR count). The number of H-pyrrole nitrogens is 1. The Labute approximate surface area is 155 Å². The maximum atomic E-state index is 13.6. The number of nitrogens with two attached hydrogens (primary N) is 1. The lowest BCUT2D eigenvalue weighted by atomic mass is 9.97. The van der Waals surface area contributed by atoms with Crippen molar-refractivity contribution in [3.05, 3.63) is 62.8 Å². The summed E-state index contributed by atoms with van der Waals surface area (Å²) in [7, 11) is -3.99. The summed E-state index contributed by atoms with van der Waals surface area (Å²) in [4.78, 5) is 28.3. The van der Waals surface area contributed by atoms with Gasteiger partial charge in [-0.05, 0) is 35.4 Å². The van der Waals surface area contributed by atoms with Gasteiger partial charge < -0.3 is 10.7 Å². The van der Waals surface area contributed by atoms with Crippen LogP contribution in [0.2, 0.25) is 0 Å². The number of rotatable bonds is 3. The Morgan fingerprint density at radius 1 is 1.14 bits per heavy atom. The van der Waals surface area contributed by atoms with Crippen molar-refractivity contribution < 1.29 is 21.6 Å². The predicted molar refractivity (Wildman–Crippen MR) is 97.9 cm³/mol. The molecule has 0 aliphatic rings. The zero-order valence-electron chi connectivity index (χ0n) is 14.2. The molecule has 0 saturated heterocycles. The fourth-order valence-corrected chi connectivity index (χ4v) is 3.19. The molecule has 4 N–H and O–H groups in total. The zero-order chi connectivity index (χ0) is 20.9. The van der Waals surface area contributed by atoms with Gasteiger partial charge in [-0.15, -0.1) is 0 Å². The number of benzene rings is 2. The highest BCUT2D eigenvalue weighted by molar-refractivity contribution is 7.91. The zero-order valence-corrected chi connectivity index (χ0v) is 15.0. The molecule has 0 spiro atoms. The smallest absolute Gasteiger partial charge is 0.399 e. The molecular weight excluding hydrogens is 401 g/mol. The van der Waals surface area contributed by atoms with E-state index >= 15 is 0 Å². The van der Waals surface area contributed by atoms with Crippen LogP contribution in [0, 0.1) is 0 Å². The Morgan fingerprint density at radius 3 is 2.39 bits per heavy atom. The summed E-state index contributed by atoms with van der Waals surface area (Å²) in [5.74, 6) is 0. The Hall–Kier alpha value is -3.28. The van der Waals surface area contributed by atoms with Crippen LogP contribution in [0.15, 0.2) is 46.0 Å². The molecule has 0 fully saturated rings. The van der Waals surface area contributed by atoms with Gasteiger partial charge in [-0.3, -0.25) is 4.79 Å². The summed E-state index contributed by atoms with van der Waals surface area (Å²) in [6.07, 6.45) is -4.07. The molecule has 8 nitrogen and oxygen atoms in total. The van der Waals surface area contributed by atoms with Crippen molar-refractivity contribution in [3.63, 3.8) is 0 Å². The summed E-state index contributed by atoms with van der Waals surface area (Å²) in [6, 6.07) is 7.18. The van der Waals surface area contributed by atoms with Gasteiger partial charge in [0.25, 0.3) is 5.56 Å². The summed E-state index contributed by atoms with van der Waals surface area (Å²) < 4.78 is 63.6. The lowest BCUT2D eigenvalue weighted by Crippen LogP contribution is -2.43. The largest absolute Gasteiger partial charge is 0.417 e. The summed E-state index contributed by atoms with van der Waals surface area (Å²) >= 11 is 0. The topological polar surface area (TPSA) is 127 Å². The van der Waals surface area contributed by atoms with Gasteiger partial charge in [-0.2, -0.15) is 17.8 Å².